The summed E-state index contributed by atoms with van der Waals surface area (Å²) in [4.78, 5) is 70.5. The standard InChI is InChI=1S/C12H15NO5.C10H11NO5/c1-8(2)11(15)17-5-10(13-7-14)6-18-12(16)9(3)4;1-3-9(13)15-5-8(11-7-12)6-16-10(14)4-2/h10H,1,3,5-6H2,2,4H3;3-4,8H,1-2,5-6H2. The molecule has 0 aliphatic heterocycles. The van der Waals surface area contributed by atoms with E-state index >= 15 is 0 Å². The van der Waals surface area contributed by atoms with Crippen LogP contribution >= 0.6 is 0 Å². The highest BCUT2D eigenvalue weighted by atomic mass is 16.6. The smallest absolute Gasteiger partial charge is 0.333 e. The van der Waals surface area contributed by atoms with Gasteiger partial charge < -0.3 is 18.9 Å². The molecule has 0 fully saturated rings. The zero-order valence-corrected chi connectivity index (χ0v) is 18.9. The molecule has 0 radical (unpaired) electrons. The minimum Gasteiger partial charge on any atom is -0.460 e. The molecule has 0 saturated carbocycles. The normalized spacial score (nSPS) is 9.06. The summed E-state index contributed by atoms with van der Waals surface area (Å²) in [6, 6.07) is -1.56. The monoisotopic (exact) mass is 478 g/mol. The first-order valence-electron chi connectivity index (χ1n) is 9.39. The Balaban J connectivity index is 0. The second-order valence-corrected chi connectivity index (χ2v) is 6.17. The molecule has 34 heavy (non-hydrogen) atoms. The van der Waals surface area contributed by atoms with Crippen LogP contribution in [0.4, 0.5) is 0 Å². The first-order chi connectivity index (χ1) is 16.0. The third-order valence-corrected chi connectivity index (χ3v) is 3.15. The van der Waals surface area contributed by atoms with Gasteiger partial charge in [-0.1, -0.05) is 26.3 Å². The fourth-order valence-electron chi connectivity index (χ4n) is 1.46. The molecule has 0 unspecified atom stereocenters. The summed E-state index contributed by atoms with van der Waals surface area (Å²) in [5.41, 5.74) is 0.450. The first-order valence-corrected chi connectivity index (χ1v) is 9.39. The summed E-state index contributed by atoms with van der Waals surface area (Å²) in [6.45, 7) is 15.4. The predicted molar refractivity (Wildman–Crippen MR) is 118 cm³/mol. The number of rotatable bonds is 14. The lowest BCUT2D eigenvalue weighted by Crippen LogP contribution is -2.24. The van der Waals surface area contributed by atoms with Gasteiger partial charge in [-0.15, -0.1) is 0 Å². The van der Waals surface area contributed by atoms with Crippen LogP contribution in [0.2, 0.25) is 0 Å². The molecular weight excluding hydrogens is 452 g/mol. The molecule has 0 aromatic rings. The summed E-state index contributed by atoms with van der Waals surface area (Å²) >= 11 is 0. The van der Waals surface area contributed by atoms with E-state index < -0.39 is 36.0 Å². The molecule has 0 amide bonds. The Morgan fingerprint density at radius 1 is 0.706 bits per heavy atom. The Morgan fingerprint density at radius 2 is 1.00 bits per heavy atom. The van der Waals surface area contributed by atoms with Gasteiger partial charge in [0.25, 0.3) is 0 Å². The molecular formula is C22H26N2O10. The van der Waals surface area contributed by atoms with Crippen LogP contribution in [0.1, 0.15) is 13.8 Å². The average Bonchev–Trinajstić information content (AvgIpc) is 2.81. The van der Waals surface area contributed by atoms with Gasteiger partial charge in [0.1, 0.15) is 38.5 Å². The summed E-state index contributed by atoms with van der Waals surface area (Å²) in [5, 5.41) is 0. The number of aliphatic imine (C=N–C) groups is 2. The molecule has 0 rings (SSSR count). The third-order valence-electron chi connectivity index (χ3n) is 3.15. The molecule has 0 bridgehead atoms. The quantitative estimate of drug-likeness (QED) is 0.116. The zero-order chi connectivity index (χ0) is 26.5. The van der Waals surface area contributed by atoms with Crippen molar-refractivity contribution in [1.29, 1.82) is 0 Å². The van der Waals surface area contributed by atoms with Gasteiger partial charge in [0.05, 0.1) is 0 Å². The van der Waals surface area contributed by atoms with Crippen LogP contribution in [0.3, 0.4) is 0 Å². The van der Waals surface area contributed by atoms with Gasteiger partial charge in [-0.05, 0) is 13.8 Å². The number of isocyanates is 2. The van der Waals surface area contributed by atoms with Crippen LogP contribution in [0, 0.1) is 0 Å². The Morgan fingerprint density at radius 3 is 1.24 bits per heavy atom. The van der Waals surface area contributed by atoms with Gasteiger partial charge in [-0.3, -0.25) is 0 Å². The van der Waals surface area contributed by atoms with Crippen LogP contribution < -0.4 is 0 Å². The first kappa shape index (κ1) is 31.8. The van der Waals surface area contributed by atoms with E-state index in [4.69, 9.17) is 9.47 Å². The van der Waals surface area contributed by atoms with Gasteiger partial charge in [0.2, 0.25) is 12.2 Å². The van der Waals surface area contributed by atoms with Gasteiger partial charge in [-0.25, -0.2) is 28.8 Å². The highest BCUT2D eigenvalue weighted by Gasteiger charge is 2.15. The molecule has 12 nitrogen and oxygen atoms in total. The lowest BCUT2D eigenvalue weighted by atomic mass is 10.3. The molecule has 0 atom stereocenters. The van der Waals surface area contributed by atoms with Crippen molar-refractivity contribution in [3.8, 4) is 0 Å². The third kappa shape index (κ3) is 17.3. The Kier molecular flexibility index (Phi) is 18.0. The Labute approximate surface area is 196 Å². The number of hydrogen-bond donors (Lipinski definition) is 0. The second-order valence-electron chi connectivity index (χ2n) is 6.17. The number of nitrogens with zero attached hydrogens (tertiary/aromatic N) is 2. The van der Waals surface area contributed by atoms with Gasteiger partial charge in [0, 0.05) is 23.3 Å². The van der Waals surface area contributed by atoms with Crippen molar-refractivity contribution in [3.05, 3.63) is 49.6 Å². The van der Waals surface area contributed by atoms with E-state index in [0.29, 0.717) is 0 Å². The molecule has 0 saturated heterocycles. The molecule has 12 heteroatoms. The van der Waals surface area contributed by atoms with Crippen LogP contribution in [0.15, 0.2) is 59.6 Å². The molecule has 0 heterocycles. The summed E-state index contributed by atoms with van der Waals surface area (Å²) in [5.74, 6) is -2.51. The highest BCUT2D eigenvalue weighted by molar-refractivity contribution is 5.87. The summed E-state index contributed by atoms with van der Waals surface area (Å²) in [6.07, 6.45) is 4.55. The van der Waals surface area contributed by atoms with E-state index in [1.807, 2.05) is 0 Å². The topological polar surface area (TPSA) is 164 Å². The number of carbonyl (C=O) groups excluding carboxylic acids is 6. The lowest BCUT2D eigenvalue weighted by Gasteiger charge is -2.11. The Bertz CT molecular complexity index is 826. The fourth-order valence-corrected chi connectivity index (χ4v) is 1.46. The number of hydrogen-bond acceptors (Lipinski definition) is 12. The van der Waals surface area contributed by atoms with E-state index in [1.54, 1.807) is 0 Å². The van der Waals surface area contributed by atoms with Crippen molar-refractivity contribution in [2.75, 3.05) is 26.4 Å². The minimum atomic E-state index is -0.783. The van der Waals surface area contributed by atoms with Crippen LogP contribution in [-0.2, 0) is 47.7 Å². The average molecular weight is 478 g/mol. The molecule has 0 aliphatic rings. The SMILES string of the molecule is C=C(C)C(=O)OCC(COC(=O)C(=C)C)N=C=O.C=CC(=O)OCC(COC(=O)C=C)N=C=O. The second kappa shape index (κ2) is 19.3. The van der Waals surface area contributed by atoms with Crippen LogP contribution in [0.25, 0.3) is 0 Å². The van der Waals surface area contributed by atoms with E-state index in [2.05, 4.69) is 45.8 Å². The molecule has 0 aromatic carbocycles. The van der Waals surface area contributed by atoms with E-state index in [9.17, 15) is 28.8 Å². The minimum absolute atomic E-state index is 0.190. The van der Waals surface area contributed by atoms with Crippen molar-refractivity contribution in [3.63, 3.8) is 0 Å². The van der Waals surface area contributed by atoms with Gasteiger partial charge >= 0.3 is 23.9 Å². The maximum absolute atomic E-state index is 11.1. The molecule has 184 valence electrons. The molecule has 0 spiro atoms. The van der Waals surface area contributed by atoms with E-state index in [-0.39, 0.29) is 37.6 Å². The zero-order valence-electron chi connectivity index (χ0n) is 18.9. The maximum Gasteiger partial charge on any atom is 0.333 e. The molecule has 0 N–H and O–H groups in total. The van der Waals surface area contributed by atoms with Gasteiger partial charge in [-0.2, -0.15) is 9.98 Å². The molecule has 0 aliphatic carbocycles. The van der Waals surface area contributed by atoms with E-state index in [0.717, 1.165) is 12.2 Å². The lowest BCUT2D eigenvalue weighted by molar-refractivity contribution is -0.143. The van der Waals surface area contributed by atoms with Crippen molar-refractivity contribution in [2.24, 2.45) is 9.98 Å². The van der Waals surface area contributed by atoms with Gasteiger partial charge in [0.15, 0.2) is 0 Å². The Hall–Kier alpha value is -4.40. The van der Waals surface area contributed by atoms with Crippen molar-refractivity contribution in [2.45, 2.75) is 25.9 Å². The van der Waals surface area contributed by atoms with Crippen molar-refractivity contribution >= 4 is 36.0 Å². The fraction of sp³-hybridized carbons (Fsp3) is 0.364. The number of ether oxygens (including phenoxy) is 4. The predicted octanol–water partition coefficient (Wildman–Crippen LogP) is 1.08. The summed E-state index contributed by atoms with van der Waals surface area (Å²) < 4.78 is 18.8. The van der Waals surface area contributed by atoms with Crippen molar-refractivity contribution in [1.82, 2.24) is 0 Å². The summed E-state index contributed by atoms with van der Waals surface area (Å²) in [7, 11) is 0. The number of esters is 4. The maximum atomic E-state index is 11.1. The van der Waals surface area contributed by atoms with E-state index in [1.165, 1.54) is 26.0 Å². The highest BCUT2D eigenvalue weighted by Crippen LogP contribution is 2.00. The largest absolute Gasteiger partial charge is 0.460 e. The number of carbonyl (C=O) groups is 4. The van der Waals surface area contributed by atoms with Crippen LogP contribution in [0.5, 0.6) is 0 Å². The van der Waals surface area contributed by atoms with Crippen LogP contribution in [-0.4, -0.2) is 74.5 Å². The molecule has 0 aromatic heterocycles. The van der Waals surface area contributed by atoms with Crippen molar-refractivity contribution < 1.29 is 47.7 Å².